The number of nitrogens with two attached hydrogens (primary N) is 1. The molecular formula is C27H27ClFN5S. The first-order valence-corrected chi connectivity index (χ1v) is 12.5. The Labute approximate surface area is 215 Å². The van der Waals surface area contributed by atoms with Crippen molar-refractivity contribution < 1.29 is 4.39 Å². The van der Waals surface area contributed by atoms with Crippen LogP contribution in [0.4, 0.5) is 10.2 Å². The van der Waals surface area contributed by atoms with E-state index < -0.39 is 0 Å². The summed E-state index contributed by atoms with van der Waals surface area (Å²) < 4.78 is 15.3. The van der Waals surface area contributed by atoms with E-state index in [2.05, 4.69) is 17.6 Å². The van der Waals surface area contributed by atoms with Crippen LogP contribution in [-0.4, -0.2) is 25.8 Å². The predicted molar refractivity (Wildman–Crippen MR) is 148 cm³/mol. The van der Waals surface area contributed by atoms with Gasteiger partial charge in [-0.05, 0) is 72.5 Å². The van der Waals surface area contributed by atoms with Crippen LogP contribution in [0.5, 0.6) is 0 Å². The average molecular weight is 508 g/mol. The maximum atomic E-state index is 13.4. The number of benzene rings is 2. The number of aromatic nitrogens is 4. The van der Waals surface area contributed by atoms with Crippen molar-refractivity contribution >= 4 is 41.2 Å². The minimum atomic E-state index is -0.288. The number of thiol groups is 1. The first-order chi connectivity index (χ1) is 17.1. The molecule has 3 aromatic heterocycles. The second kappa shape index (κ2) is 12.3. The smallest absolute Gasteiger partial charge is 0.165 e. The minimum absolute atomic E-state index is 0.288. The van der Waals surface area contributed by atoms with Crippen molar-refractivity contribution in [2.45, 2.75) is 19.7 Å². The molecule has 0 saturated heterocycles. The number of nitrogens with zero attached hydrogens (tertiary/aromatic N) is 4. The summed E-state index contributed by atoms with van der Waals surface area (Å²) in [6.45, 7) is 4.00. The highest BCUT2D eigenvalue weighted by Gasteiger charge is 2.18. The van der Waals surface area contributed by atoms with Crippen LogP contribution in [0.25, 0.3) is 39.5 Å². The van der Waals surface area contributed by atoms with Crippen LogP contribution in [0.2, 0.25) is 0 Å². The number of hydrogen-bond donors (Lipinski definition) is 2. The molecule has 35 heavy (non-hydrogen) atoms. The lowest BCUT2D eigenvalue weighted by atomic mass is 10.1. The highest BCUT2D eigenvalue weighted by Crippen LogP contribution is 2.31. The number of imidazole rings is 1. The Kier molecular flexibility index (Phi) is 9.23. The molecular weight excluding hydrogens is 481 g/mol. The summed E-state index contributed by atoms with van der Waals surface area (Å²) in [5.74, 6) is 1.17. The molecule has 0 fully saturated rings. The van der Waals surface area contributed by atoms with Gasteiger partial charge in [-0.25, -0.2) is 19.3 Å². The molecule has 5 rings (SSSR count). The zero-order chi connectivity index (χ0) is 25.4. The first kappa shape index (κ1) is 26.2. The SMILES string of the molecule is CC.CS.Nc1ncccc1-c1nc2ccc(-c3ccc(F)cc3)nc2n1-c1ccc(CCl)cc1. The predicted octanol–water partition coefficient (Wildman–Crippen LogP) is 7.18. The third-order valence-corrected chi connectivity index (χ3v) is 5.38. The van der Waals surface area contributed by atoms with Gasteiger partial charge in [-0.2, -0.15) is 12.6 Å². The Morgan fingerprint density at radius 1 is 0.914 bits per heavy atom. The second-order valence-electron chi connectivity index (χ2n) is 7.05. The normalized spacial score (nSPS) is 10.2. The molecule has 0 amide bonds. The molecule has 0 aliphatic heterocycles. The standard InChI is InChI=1S/C24H17ClFN5.C2H6.CH4S/c25-14-15-3-9-18(10-4-15)31-23(19-2-1-13-28-22(19)27)30-21-12-11-20(29-24(21)31)16-5-7-17(26)8-6-16;2*1-2/h1-13H,14H2,(H2,27,28);1-2H3;2H,1H3. The number of nitrogen functional groups attached to an aromatic ring is 1. The number of anilines is 1. The Morgan fingerprint density at radius 2 is 1.60 bits per heavy atom. The number of pyridine rings is 2. The van der Waals surface area contributed by atoms with Gasteiger partial charge in [0.2, 0.25) is 0 Å². The van der Waals surface area contributed by atoms with Gasteiger partial charge >= 0.3 is 0 Å². The van der Waals surface area contributed by atoms with E-state index in [0.29, 0.717) is 34.2 Å². The van der Waals surface area contributed by atoms with Crippen molar-refractivity contribution in [3.05, 3.63) is 90.4 Å². The van der Waals surface area contributed by atoms with Crippen molar-refractivity contribution in [3.63, 3.8) is 0 Å². The second-order valence-corrected chi connectivity index (χ2v) is 7.32. The lowest BCUT2D eigenvalue weighted by Crippen LogP contribution is -2.02. The molecule has 2 N–H and O–H groups in total. The molecule has 2 aromatic carbocycles. The van der Waals surface area contributed by atoms with Gasteiger partial charge < -0.3 is 5.73 Å². The molecule has 0 saturated carbocycles. The summed E-state index contributed by atoms with van der Waals surface area (Å²) in [6.07, 6.45) is 3.34. The molecule has 8 heteroatoms. The monoisotopic (exact) mass is 507 g/mol. The van der Waals surface area contributed by atoms with E-state index >= 15 is 0 Å². The fourth-order valence-corrected chi connectivity index (χ4v) is 3.68. The lowest BCUT2D eigenvalue weighted by Gasteiger charge is -2.11. The number of halogens is 2. The summed E-state index contributed by atoms with van der Waals surface area (Å²) in [6, 6.07) is 21.6. The van der Waals surface area contributed by atoms with Gasteiger partial charge in [-0.1, -0.05) is 26.0 Å². The molecule has 0 aliphatic carbocycles. The number of alkyl halides is 1. The fourth-order valence-electron chi connectivity index (χ4n) is 3.50. The van der Waals surface area contributed by atoms with Gasteiger partial charge in [0.1, 0.15) is 17.2 Å². The molecule has 0 bridgehead atoms. The third kappa shape index (κ3) is 5.63. The van der Waals surface area contributed by atoms with Crippen LogP contribution in [-0.2, 0) is 5.88 Å². The maximum absolute atomic E-state index is 13.4. The van der Waals surface area contributed by atoms with Crippen LogP contribution in [0.1, 0.15) is 19.4 Å². The molecule has 3 heterocycles. The molecule has 180 valence electrons. The summed E-state index contributed by atoms with van der Waals surface area (Å²) in [5, 5.41) is 0. The molecule has 5 nitrogen and oxygen atoms in total. The summed E-state index contributed by atoms with van der Waals surface area (Å²) >= 11 is 9.49. The zero-order valence-electron chi connectivity index (χ0n) is 19.8. The van der Waals surface area contributed by atoms with E-state index in [4.69, 9.17) is 27.3 Å². The topological polar surface area (TPSA) is 69.6 Å². The van der Waals surface area contributed by atoms with E-state index in [1.54, 1.807) is 24.6 Å². The van der Waals surface area contributed by atoms with Gasteiger partial charge in [-0.3, -0.25) is 4.57 Å². The molecule has 0 atom stereocenters. The van der Waals surface area contributed by atoms with Crippen molar-refractivity contribution in [2.24, 2.45) is 0 Å². The number of fused-ring (bicyclic) bond motifs is 1. The molecule has 0 spiro atoms. The maximum Gasteiger partial charge on any atom is 0.165 e. The van der Waals surface area contributed by atoms with Gasteiger partial charge in [0, 0.05) is 23.3 Å². The Morgan fingerprint density at radius 3 is 2.23 bits per heavy atom. The fraction of sp³-hybridized carbons (Fsp3) is 0.148. The van der Waals surface area contributed by atoms with Crippen LogP contribution in [0.3, 0.4) is 0 Å². The van der Waals surface area contributed by atoms with Crippen LogP contribution in [0.15, 0.2) is 79.0 Å². The van der Waals surface area contributed by atoms with E-state index in [0.717, 1.165) is 22.5 Å². The van der Waals surface area contributed by atoms with Gasteiger partial charge in [0.05, 0.1) is 11.3 Å². The first-order valence-electron chi connectivity index (χ1n) is 11.1. The molecule has 0 radical (unpaired) electrons. The largest absolute Gasteiger partial charge is 0.383 e. The quantitative estimate of drug-likeness (QED) is 0.199. The van der Waals surface area contributed by atoms with Gasteiger partial charge in [0.25, 0.3) is 0 Å². The molecule has 0 aliphatic rings. The molecule has 5 aromatic rings. The van der Waals surface area contributed by atoms with Crippen LogP contribution < -0.4 is 5.73 Å². The third-order valence-electron chi connectivity index (χ3n) is 5.07. The van der Waals surface area contributed by atoms with Crippen LogP contribution >= 0.6 is 24.2 Å². The van der Waals surface area contributed by atoms with Crippen molar-refractivity contribution in [1.82, 2.24) is 19.5 Å². The van der Waals surface area contributed by atoms with Crippen LogP contribution in [0, 0.1) is 5.82 Å². The summed E-state index contributed by atoms with van der Waals surface area (Å²) in [5.41, 5.74) is 11.7. The van der Waals surface area contributed by atoms with Crippen molar-refractivity contribution in [1.29, 1.82) is 0 Å². The highest BCUT2D eigenvalue weighted by atomic mass is 35.5. The minimum Gasteiger partial charge on any atom is -0.383 e. The van der Waals surface area contributed by atoms with Crippen molar-refractivity contribution in [2.75, 3.05) is 12.0 Å². The summed E-state index contributed by atoms with van der Waals surface area (Å²) in [4.78, 5) is 13.9. The summed E-state index contributed by atoms with van der Waals surface area (Å²) in [7, 11) is 0. The average Bonchev–Trinajstić information content (AvgIpc) is 3.30. The van der Waals surface area contributed by atoms with Gasteiger partial charge in [0.15, 0.2) is 11.5 Å². The van der Waals surface area contributed by atoms with E-state index in [-0.39, 0.29) is 5.82 Å². The Balaban J connectivity index is 0.000000815. The Bertz CT molecular complexity index is 1390. The van der Waals surface area contributed by atoms with Gasteiger partial charge in [-0.15, -0.1) is 11.6 Å². The molecule has 0 unspecified atom stereocenters. The lowest BCUT2D eigenvalue weighted by molar-refractivity contribution is 0.628. The van der Waals surface area contributed by atoms with Crippen molar-refractivity contribution in [3.8, 4) is 28.3 Å². The Hall–Kier alpha value is -3.42. The van der Waals surface area contributed by atoms with E-state index in [1.165, 1.54) is 12.1 Å². The highest BCUT2D eigenvalue weighted by molar-refractivity contribution is 7.79. The van der Waals surface area contributed by atoms with E-state index in [1.807, 2.05) is 66.9 Å². The number of rotatable bonds is 4. The number of hydrogen-bond acceptors (Lipinski definition) is 5. The van der Waals surface area contributed by atoms with E-state index in [9.17, 15) is 4.39 Å². The zero-order valence-corrected chi connectivity index (χ0v) is 21.4.